The minimum absolute atomic E-state index is 0.150. The van der Waals surface area contributed by atoms with Gasteiger partial charge in [-0.05, 0) is 43.1 Å². The number of nitrogens with zero attached hydrogens (tertiary/aromatic N) is 2. The molecule has 1 aromatic heterocycles. The molecule has 1 N–H and O–H groups in total. The standard InChI is InChI=1S/C15H19BrFN3/c1-3-4-18-15(12-9-19-20(2)10-12)7-11-5-13(16)8-14(17)6-11/h5-6,8-10,15,18H,3-4,7H2,1-2H3. The Morgan fingerprint density at radius 3 is 2.80 bits per heavy atom. The fraction of sp³-hybridized carbons (Fsp3) is 0.400. The summed E-state index contributed by atoms with van der Waals surface area (Å²) in [5.74, 6) is -0.213. The van der Waals surface area contributed by atoms with Crippen molar-refractivity contribution in [2.75, 3.05) is 6.54 Å². The number of rotatable bonds is 6. The fourth-order valence-corrected chi connectivity index (χ4v) is 2.72. The van der Waals surface area contributed by atoms with Crippen LogP contribution >= 0.6 is 15.9 Å². The van der Waals surface area contributed by atoms with E-state index >= 15 is 0 Å². The molecule has 1 atom stereocenters. The molecule has 0 aliphatic heterocycles. The van der Waals surface area contributed by atoms with Crippen LogP contribution in [-0.4, -0.2) is 16.3 Å². The van der Waals surface area contributed by atoms with Crippen LogP contribution < -0.4 is 5.32 Å². The van der Waals surface area contributed by atoms with Gasteiger partial charge in [0.2, 0.25) is 0 Å². The molecule has 0 saturated heterocycles. The first-order valence-electron chi connectivity index (χ1n) is 6.75. The molecular weight excluding hydrogens is 321 g/mol. The molecule has 0 radical (unpaired) electrons. The number of halogens is 2. The molecule has 2 rings (SSSR count). The molecule has 20 heavy (non-hydrogen) atoms. The van der Waals surface area contributed by atoms with Crippen molar-refractivity contribution in [1.82, 2.24) is 15.1 Å². The lowest BCUT2D eigenvalue weighted by molar-refractivity contribution is 0.526. The highest BCUT2D eigenvalue weighted by Gasteiger charge is 2.14. The molecule has 0 aliphatic carbocycles. The van der Waals surface area contributed by atoms with E-state index in [2.05, 4.69) is 33.3 Å². The van der Waals surface area contributed by atoms with Crippen LogP contribution in [0.15, 0.2) is 35.1 Å². The molecule has 5 heteroatoms. The van der Waals surface area contributed by atoms with Crippen LogP contribution in [0.4, 0.5) is 4.39 Å². The monoisotopic (exact) mass is 339 g/mol. The molecule has 3 nitrogen and oxygen atoms in total. The van der Waals surface area contributed by atoms with Crippen LogP contribution in [0, 0.1) is 5.82 Å². The maximum absolute atomic E-state index is 13.5. The van der Waals surface area contributed by atoms with Crippen LogP contribution in [-0.2, 0) is 13.5 Å². The zero-order valence-corrected chi connectivity index (χ0v) is 13.3. The minimum Gasteiger partial charge on any atom is -0.310 e. The smallest absolute Gasteiger partial charge is 0.124 e. The number of aromatic nitrogens is 2. The Hall–Kier alpha value is -1.20. The van der Waals surface area contributed by atoms with Crippen molar-refractivity contribution in [3.05, 3.63) is 52.0 Å². The first kappa shape index (κ1) is 15.2. The summed E-state index contributed by atoms with van der Waals surface area (Å²) in [4.78, 5) is 0. The van der Waals surface area contributed by atoms with Crippen molar-refractivity contribution < 1.29 is 4.39 Å². The van der Waals surface area contributed by atoms with Gasteiger partial charge < -0.3 is 5.32 Å². The molecule has 1 aromatic carbocycles. The molecule has 1 heterocycles. The second-order valence-corrected chi connectivity index (χ2v) is 5.85. The van der Waals surface area contributed by atoms with E-state index in [0.717, 1.165) is 35.0 Å². The summed E-state index contributed by atoms with van der Waals surface area (Å²) < 4.78 is 16.0. The predicted octanol–water partition coefficient (Wildman–Crippen LogP) is 3.61. The van der Waals surface area contributed by atoms with Gasteiger partial charge >= 0.3 is 0 Å². The molecular formula is C15H19BrFN3. The van der Waals surface area contributed by atoms with Gasteiger partial charge in [0.1, 0.15) is 5.82 Å². The van der Waals surface area contributed by atoms with E-state index in [1.165, 1.54) is 6.07 Å². The van der Waals surface area contributed by atoms with Crippen LogP contribution in [0.1, 0.15) is 30.5 Å². The average Bonchev–Trinajstić information content (AvgIpc) is 2.80. The van der Waals surface area contributed by atoms with E-state index in [9.17, 15) is 4.39 Å². The minimum atomic E-state index is -0.213. The highest BCUT2D eigenvalue weighted by Crippen LogP contribution is 2.21. The van der Waals surface area contributed by atoms with E-state index in [1.807, 2.05) is 25.5 Å². The zero-order valence-electron chi connectivity index (χ0n) is 11.7. The summed E-state index contributed by atoms with van der Waals surface area (Å²) >= 11 is 3.34. The quantitative estimate of drug-likeness (QED) is 0.871. The second kappa shape index (κ2) is 6.99. The lowest BCUT2D eigenvalue weighted by Crippen LogP contribution is -2.23. The number of hydrogen-bond acceptors (Lipinski definition) is 2. The summed E-state index contributed by atoms with van der Waals surface area (Å²) in [6.07, 6.45) is 5.66. The maximum Gasteiger partial charge on any atom is 0.124 e. The highest BCUT2D eigenvalue weighted by molar-refractivity contribution is 9.10. The summed E-state index contributed by atoms with van der Waals surface area (Å²) in [6.45, 7) is 3.06. The second-order valence-electron chi connectivity index (χ2n) is 4.94. The highest BCUT2D eigenvalue weighted by atomic mass is 79.9. The van der Waals surface area contributed by atoms with Gasteiger partial charge in [-0.3, -0.25) is 4.68 Å². The summed E-state index contributed by atoms with van der Waals surface area (Å²) in [5.41, 5.74) is 2.09. The molecule has 0 amide bonds. The largest absolute Gasteiger partial charge is 0.310 e. The molecule has 0 aliphatic rings. The Morgan fingerprint density at radius 2 is 2.20 bits per heavy atom. The van der Waals surface area contributed by atoms with E-state index < -0.39 is 0 Å². The normalized spacial score (nSPS) is 12.6. The van der Waals surface area contributed by atoms with Gasteiger partial charge in [-0.15, -0.1) is 0 Å². The Balaban J connectivity index is 2.18. The average molecular weight is 340 g/mol. The van der Waals surface area contributed by atoms with Gasteiger partial charge in [-0.25, -0.2) is 4.39 Å². The Morgan fingerprint density at radius 1 is 1.40 bits per heavy atom. The lowest BCUT2D eigenvalue weighted by atomic mass is 10.0. The fourth-order valence-electron chi connectivity index (χ4n) is 2.21. The maximum atomic E-state index is 13.5. The van der Waals surface area contributed by atoms with Crippen LogP contribution in [0.2, 0.25) is 0 Å². The van der Waals surface area contributed by atoms with Crippen molar-refractivity contribution in [2.24, 2.45) is 7.05 Å². The number of benzene rings is 1. The van der Waals surface area contributed by atoms with E-state index in [4.69, 9.17) is 0 Å². The zero-order chi connectivity index (χ0) is 14.5. The first-order chi connectivity index (χ1) is 9.58. The van der Waals surface area contributed by atoms with Crippen LogP contribution in [0.25, 0.3) is 0 Å². The molecule has 108 valence electrons. The van der Waals surface area contributed by atoms with Gasteiger partial charge in [0.05, 0.1) is 6.20 Å². The molecule has 0 saturated carbocycles. The van der Waals surface area contributed by atoms with Gasteiger partial charge in [-0.2, -0.15) is 5.10 Å². The Kier molecular flexibility index (Phi) is 5.31. The van der Waals surface area contributed by atoms with E-state index in [1.54, 1.807) is 10.7 Å². The van der Waals surface area contributed by atoms with Crippen molar-refractivity contribution in [3.8, 4) is 0 Å². The summed E-state index contributed by atoms with van der Waals surface area (Å²) in [6, 6.07) is 5.17. The lowest BCUT2D eigenvalue weighted by Gasteiger charge is -2.17. The number of hydrogen-bond donors (Lipinski definition) is 1. The van der Waals surface area contributed by atoms with Crippen LogP contribution in [0.3, 0.4) is 0 Å². The third-order valence-corrected chi connectivity index (χ3v) is 3.59. The van der Waals surface area contributed by atoms with Crippen molar-refractivity contribution in [3.63, 3.8) is 0 Å². The predicted molar refractivity (Wildman–Crippen MR) is 82.0 cm³/mol. The van der Waals surface area contributed by atoms with Crippen LogP contribution in [0.5, 0.6) is 0 Å². The van der Waals surface area contributed by atoms with Gasteiger partial charge in [0.15, 0.2) is 0 Å². The molecule has 0 fully saturated rings. The van der Waals surface area contributed by atoms with E-state index in [-0.39, 0.29) is 11.9 Å². The molecule has 0 spiro atoms. The summed E-state index contributed by atoms with van der Waals surface area (Å²) in [5, 5.41) is 7.71. The van der Waals surface area contributed by atoms with Gasteiger partial charge in [0, 0.05) is 29.3 Å². The molecule has 1 unspecified atom stereocenters. The first-order valence-corrected chi connectivity index (χ1v) is 7.54. The SMILES string of the molecule is CCCNC(Cc1cc(F)cc(Br)c1)c1cnn(C)c1. The summed E-state index contributed by atoms with van der Waals surface area (Å²) in [7, 11) is 1.90. The molecule has 0 bridgehead atoms. The van der Waals surface area contributed by atoms with Gasteiger partial charge in [0.25, 0.3) is 0 Å². The van der Waals surface area contributed by atoms with Crippen molar-refractivity contribution in [1.29, 1.82) is 0 Å². The number of nitrogens with one attached hydrogen (secondary N) is 1. The van der Waals surface area contributed by atoms with Crippen molar-refractivity contribution >= 4 is 15.9 Å². The third kappa shape index (κ3) is 4.15. The van der Waals surface area contributed by atoms with Crippen molar-refractivity contribution in [2.45, 2.75) is 25.8 Å². The Bertz CT molecular complexity index is 548. The number of aryl methyl sites for hydroxylation is 1. The van der Waals surface area contributed by atoms with Gasteiger partial charge in [-0.1, -0.05) is 22.9 Å². The third-order valence-electron chi connectivity index (χ3n) is 3.13. The Labute approximate surface area is 127 Å². The molecule has 2 aromatic rings. The topological polar surface area (TPSA) is 29.9 Å². The van der Waals surface area contributed by atoms with E-state index in [0.29, 0.717) is 0 Å².